The zero-order valence-corrected chi connectivity index (χ0v) is 20.1. The van der Waals surface area contributed by atoms with E-state index in [1.165, 1.54) is 23.5 Å². The van der Waals surface area contributed by atoms with Crippen LogP contribution >= 0.6 is 11.3 Å². The number of aliphatic carboxylic acids is 1. The van der Waals surface area contributed by atoms with Crippen LogP contribution in [0.25, 0.3) is 21.5 Å². The molecule has 4 aromatic rings. The molecule has 0 saturated heterocycles. The molecule has 5 nitrogen and oxygen atoms in total. The molecule has 35 heavy (non-hydrogen) atoms. The normalized spacial score (nSPS) is 12.8. The second-order valence-corrected chi connectivity index (χ2v) is 9.52. The van der Waals surface area contributed by atoms with Gasteiger partial charge in [0.15, 0.2) is 0 Å². The van der Waals surface area contributed by atoms with E-state index in [1.54, 1.807) is 6.20 Å². The van der Waals surface area contributed by atoms with Crippen LogP contribution in [-0.4, -0.2) is 27.7 Å². The molecule has 4 rings (SSSR count). The summed E-state index contributed by atoms with van der Waals surface area (Å²) in [6.07, 6.45) is -1.90. The fourth-order valence-corrected chi connectivity index (χ4v) is 5.12. The number of alkyl halides is 3. The van der Waals surface area contributed by atoms with Crippen molar-refractivity contribution >= 4 is 28.2 Å². The number of hydrogen-bond acceptors (Lipinski definition) is 4. The van der Waals surface area contributed by atoms with Gasteiger partial charge >= 0.3 is 12.1 Å². The Morgan fingerprint density at radius 2 is 1.94 bits per heavy atom. The average molecular weight is 503 g/mol. The summed E-state index contributed by atoms with van der Waals surface area (Å²) in [4.78, 5) is 19.9. The van der Waals surface area contributed by atoms with Gasteiger partial charge in [-0.2, -0.15) is 13.2 Å². The number of carbonyl (C=O) groups is 1. The average Bonchev–Trinajstić information content (AvgIpc) is 3.42. The van der Waals surface area contributed by atoms with E-state index in [4.69, 9.17) is 14.8 Å². The highest BCUT2D eigenvalue weighted by Crippen LogP contribution is 2.35. The van der Waals surface area contributed by atoms with Gasteiger partial charge in [-0.15, -0.1) is 11.3 Å². The quantitative estimate of drug-likeness (QED) is 0.263. The number of carboxylic acid groups (broad SMARTS) is 1. The summed E-state index contributed by atoms with van der Waals surface area (Å²) in [7, 11) is 0. The molecule has 0 aliphatic rings. The molecule has 2 aromatic carbocycles. The first-order chi connectivity index (χ1) is 16.7. The molecule has 0 radical (unpaired) electrons. The molecule has 0 aliphatic heterocycles. The van der Waals surface area contributed by atoms with Crippen LogP contribution in [0.2, 0.25) is 0 Å². The number of H-pyrrole nitrogens is 1. The summed E-state index contributed by atoms with van der Waals surface area (Å²) in [5.74, 6) is -0.858. The third-order valence-electron chi connectivity index (χ3n) is 5.78. The van der Waals surface area contributed by atoms with E-state index >= 15 is 0 Å². The first-order valence-corrected chi connectivity index (χ1v) is 12.0. The number of carboxylic acids is 1. The number of aromatic amines is 1. The highest BCUT2D eigenvalue weighted by molar-refractivity contribution is 7.15. The van der Waals surface area contributed by atoms with Crippen molar-refractivity contribution in [3.63, 3.8) is 0 Å². The largest absolute Gasteiger partial charge is 0.481 e. The molecule has 0 aliphatic carbocycles. The van der Waals surface area contributed by atoms with Crippen molar-refractivity contribution in [3.8, 4) is 10.6 Å². The molecule has 184 valence electrons. The van der Waals surface area contributed by atoms with Crippen LogP contribution in [0.1, 0.15) is 47.0 Å². The smallest absolute Gasteiger partial charge is 0.416 e. The topological polar surface area (TPSA) is 75.2 Å². The van der Waals surface area contributed by atoms with Crippen LogP contribution in [0, 0.1) is 0 Å². The van der Waals surface area contributed by atoms with Crippen molar-refractivity contribution < 1.29 is 27.8 Å². The Hall–Kier alpha value is -3.17. The van der Waals surface area contributed by atoms with E-state index in [1.807, 2.05) is 32.0 Å². The number of thiazole rings is 1. The number of hydrogen-bond donors (Lipinski definition) is 2. The Kier molecular flexibility index (Phi) is 7.28. The minimum absolute atomic E-state index is 0.0146. The number of aromatic nitrogens is 2. The summed E-state index contributed by atoms with van der Waals surface area (Å²) >= 11 is 1.50. The molecule has 0 amide bonds. The van der Waals surface area contributed by atoms with Crippen molar-refractivity contribution in [2.45, 2.75) is 45.4 Å². The Morgan fingerprint density at radius 3 is 2.60 bits per heavy atom. The van der Waals surface area contributed by atoms with Gasteiger partial charge in [-0.1, -0.05) is 38.1 Å². The molecule has 2 aromatic heterocycles. The van der Waals surface area contributed by atoms with E-state index in [2.05, 4.69) is 4.98 Å². The van der Waals surface area contributed by atoms with Crippen LogP contribution < -0.4 is 0 Å². The Morgan fingerprint density at radius 1 is 1.20 bits per heavy atom. The van der Waals surface area contributed by atoms with Gasteiger partial charge in [-0.25, -0.2) is 4.98 Å². The van der Waals surface area contributed by atoms with Gasteiger partial charge in [-0.05, 0) is 35.7 Å². The Labute approximate surface area is 204 Å². The minimum Gasteiger partial charge on any atom is -0.481 e. The zero-order chi connectivity index (χ0) is 25.2. The van der Waals surface area contributed by atoms with Gasteiger partial charge in [0.1, 0.15) is 5.01 Å². The number of aryl methyl sites for hydroxylation is 1. The SMILES string of the molecule is CCc1sc(-c2ccc(C(F)(F)F)cc2)nc1C(C)COCc1ccc2c(CC(=O)O)c[nH]c2c1. The number of rotatable bonds is 9. The van der Waals surface area contributed by atoms with Gasteiger partial charge in [0.25, 0.3) is 0 Å². The summed E-state index contributed by atoms with van der Waals surface area (Å²) < 4.78 is 44.6. The second-order valence-electron chi connectivity index (χ2n) is 8.44. The van der Waals surface area contributed by atoms with Gasteiger partial charge in [0.2, 0.25) is 0 Å². The number of halogens is 3. The molecule has 1 unspecified atom stereocenters. The highest BCUT2D eigenvalue weighted by atomic mass is 32.1. The van der Waals surface area contributed by atoms with E-state index < -0.39 is 17.7 Å². The maximum atomic E-state index is 12.9. The molecule has 9 heteroatoms. The molecular weight excluding hydrogens is 477 g/mol. The standard InChI is InChI=1S/C26H25F3N2O3S/c1-3-22-24(31-25(35-22)17-5-7-19(8-6-17)26(27,28)29)15(2)13-34-14-16-4-9-20-18(11-23(32)33)12-30-21(20)10-16/h4-10,12,15,30H,3,11,13-14H2,1-2H3,(H,32,33). The second kappa shape index (κ2) is 10.2. The predicted molar refractivity (Wildman–Crippen MR) is 130 cm³/mol. The number of benzene rings is 2. The number of ether oxygens (including phenoxy) is 1. The maximum Gasteiger partial charge on any atom is 0.416 e. The summed E-state index contributed by atoms with van der Waals surface area (Å²) in [5.41, 5.74) is 3.47. The molecule has 0 fully saturated rings. The third-order valence-corrected chi connectivity index (χ3v) is 7.05. The monoisotopic (exact) mass is 502 g/mol. The number of nitrogens with zero attached hydrogens (tertiary/aromatic N) is 1. The predicted octanol–water partition coefficient (Wildman–Crippen LogP) is 6.82. The Bertz CT molecular complexity index is 1330. The number of nitrogens with one attached hydrogen (secondary N) is 1. The molecule has 0 bridgehead atoms. The van der Waals surface area contributed by atoms with Crippen LogP contribution in [0.15, 0.2) is 48.7 Å². The molecule has 2 N–H and O–H groups in total. The van der Waals surface area contributed by atoms with Crippen LogP contribution in [0.3, 0.4) is 0 Å². The van der Waals surface area contributed by atoms with E-state index in [0.29, 0.717) is 23.8 Å². The van der Waals surface area contributed by atoms with E-state index in [9.17, 15) is 18.0 Å². The molecule has 1 atom stereocenters. The number of fused-ring (bicyclic) bond motifs is 1. The first-order valence-electron chi connectivity index (χ1n) is 11.2. The van der Waals surface area contributed by atoms with E-state index in [-0.39, 0.29) is 12.3 Å². The van der Waals surface area contributed by atoms with Gasteiger partial charge in [0, 0.05) is 33.5 Å². The Balaban J connectivity index is 1.41. The third kappa shape index (κ3) is 5.74. The molecule has 0 saturated carbocycles. The fourth-order valence-electron chi connectivity index (χ4n) is 3.99. The first kappa shape index (κ1) is 24.9. The van der Waals surface area contributed by atoms with Crippen molar-refractivity contribution in [2.24, 2.45) is 0 Å². The van der Waals surface area contributed by atoms with Gasteiger partial charge in [-0.3, -0.25) is 4.79 Å². The van der Waals surface area contributed by atoms with Crippen LogP contribution in [0.5, 0.6) is 0 Å². The molecule has 2 heterocycles. The van der Waals surface area contributed by atoms with Gasteiger partial charge in [0.05, 0.1) is 30.9 Å². The maximum absolute atomic E-state index is 12.9. The molecular formula is C26H25F3N2O3S. The van der Waals surface area contributed by atoms with Crippen LogP contribution in [-0.2, 0) is 35.2 Å². The summed E-state index contributed by atoms with van der Waals surface area (Å²) in [6.45, 7) is 4.89. The lowest BCUT2D eigenvalue weighted by Crippen LogP contribution is -2.07. The van der Waals surface area contributed by atoms with Crippen LogP contribution in [0.4, 0.5) is 13.2 Å². The van der Waals surface area contributed by atoms with Crippen molar-refractivity contribution in [1.29, 1.82) is 0 Å². The molecule has 0 spiro atoms. The lowest BCUT2D eigenvalue weighted by molar-refractivity contribution is -0.138. The lowest BCUT2D eigenvalue weighted by atomic mass is 10.1. The van der Waals surface area contributed by atoms with E-state index in [0.717, 1.165) is 51.2 Å². The van der Waals surface area contributed by atoms with Gasteiger partial charge < -0.3 is 14.8 Å². The fraction of sp³-hybridized carbons (Fsp3) is 0.308. The zero-order valence-electron chi connectivity index (χ0n) is 19.3. The van der Waals surface area contributed by atoms with Crippen molar-refractivity contribution in [3.05, 3.63) is 75.9 Å². The highest BCUT2D eigenvalue weighted by Gasteiger charge is 2.30. The minimum atomic E-state index is -4.36. The van der Waals surface area contributed by atoms with Crippen molar-refractivity contribution in [1.82, 2.24) is 9.97 Å². The summed E-state index contributed by atoms with van der Waals surface area (Å²) in [6, 6.07) is 10.9. The van der Waals surface area contributed by atoms with Crippen molar-refractivity contribution in [2.75, 3.05) is 6.61 Å². The summed E-state index contributed by atoms with van der Waals surface area (Å²) in [5, 5.41) is 10.6. The lowest BCUT2D eigenvalue weighted by Gasteiger charge is -2.12.